The van der Waals surface area contributed by atoms with Gasteiger partial charge in [-0.25, -0.2) is 13.9 Å². The summed E-state index contributed by atoms with van der Waals surface area (Å²) in [5.41, 5.74) is 2.64. The van der Waals surface area contributed by atoms with Gasteiger partial charge in [0, 0.05) is 5.56 Å². The number of carboxylic acids is 1. The number of carboxylic acid groups (broad SMARTS) is 1. The Balaban J connectivity index is 2.11. The van der Waals surface area contributed by atoms with Crippen LogP contribution in [0, 0.1) is 12.7 Å². The van der Waals surface area contributed by atoms with Crippen LogP contribution in [-0.2, 0) is 6.54 Å². The van der Waals surface area contributed by atoms with Crippen molar-refractivity contribution in [1.82, 2.24) is 15.0 Å². The number of hydrogen-bond donors (Lipinski definition) is 1. The lowest BCUT2D eigenvalue weighted by molar-refractivity contribution is 0.0691. The summed E-state index contributed by atoms with van der Waals surface area (Å²) in [5, 5.41) is 17.1. The minimum absolute atomic E-state index is 0.115. The van der Waals surface area contributed by atoms with Gasteiger partial charge in [0.1, 0.15) is 11.5 Å². The molecule has 0 spiro atoms. The molecule has 1 heterocycles. The number of halogens is 1. The van der Waals surface area contributed by atoms with Gasteiger partial charge in [-0.05, 0) is 30.2 Å². The molecule has 23 heavy (non-hydrogen) atoms. The molecule has 0 saturated carbocycles. The van der Waals surface area contributed by atoms with Crippen molar-refractivity contribution in [3.8, 4) is 11.3 Å². The maximum absolute atomic E-state index is 13.4. The average molecular weight is 311 g/mol. The van der Waals surface area contributed by atoms with E-state index in [1.165, 1.54) is 16.8 Å². The Hall–Kier alpha value is -3.02. The molecule has 3 rings (SSSR count). The highest BCUT2D eigenvalue weighted by Gasteiger charge is 2.21. The summed E-state index contributed by atoms with van der Waals surface area (Å²) in [6.07, 6.45) is 0. The van der Waals surface area contributed by atoms with Gasteiger partial charge in [-0.3, -0.25) is 0 Å². The highest BCUT2D eigenvalue weighted by atomic mass is 19.1. The molecule has 0 atom stereocenters. The molecule has 1 aromatic heterocycles. The number of nitrogens with zero attached hydrogens (tertiary/aromatic N) is 3. The third-order valence-corrected chi connectivity index (χ3v) is 3.56. The Morgan fingerprint density at radius 3 is 2.70 bits per heavy atom. The van der Waals surface area contributed by atoms with Gasteiger partial charge in [0.2, 0.25) is 0 Å². The Morgan fingerprint density at radius 1 is 1.22 bits per heavy atom. The molecule has 0 amide bonds. The van der Waals surface area contributed by atoms with Crippen LogP contribution in [0.2, 0.25) is 0 Å². The number of rotatable bonds is 4. The summed E-state index contributed by atoms with van der Waals surface area (Å²) in [5.74, 6) is -1.49. The summed E-state index contributed by atoms with van der Waals surface area (Å²) in [6, 6.07) is 13.5. The Kier molecular flexibility index (Phi) is 3.89. The normalized spacial score (nSPS) is 10.7. The van der Waals surface area contributed by atoms with Crippen molar-refractivity contribution in [2.24, 2.45) is 0 Å². The van der Waals surface area contributed by atoms with E-state index in [-0.39, 0.29) is 18.1 Å². The molecule has 1 N–H and O–H groups in total. The van der Waals surface area contributed by atoms with Crippen LogP contribution >= 0.6 is 0 Å². The first-order chi connectivity index (χ1) is 11.1. The third-order valence-electron chi connectivity index (χ3n) is 3.56. The number of carbonyl (C=O) groups is 1. The molecule has 5 nitrogen and oxygen atoms in total. The maximum Gasteiger partial charge on any atom is 0.358 e. The molecule has 0 radical (unpaired) electrons. The molecule has 0 saturated heterocycles. The fourth-order valence-electron chi connectivity index (χ4n) is 2.48. The molecule has 2 aromatic carbocycles. The number of aromatic carboxylic acids is 1. The summed E-state index contributed by atoms with van der Waals surface area (Å²) in [6.45, 7) is 2.13. The zero-order valence-corrected chi connectivity index (χ0v) is 12.4. The van der Waals surface area contributed by atoms with Crippen LogP contribution in [-0.4, -0.2) is 26.1 Å². The van der Waals surface area contributed by atoms with Crippen LogP contribution in [0.15, 0.2) is 48.5 Å². The second-order valence-electron chi connectivity index (χ2n) is 5.19. The quantitative estimate of drug-likeness (QED) is 0.803. The molecule has 6 heteroatoms. The fraction of sp³-hybridized carbons (Fsp3) is 0.118. The van der Waals surface area contributed by atoms with E-state index in [1.807, 2.05) is 31.2 Å². The number of benzene rings is 2. The monoisotopic (exact) mass is 311 g/mol. The van der Waals surface area contributed by atoms with Gasteiger partial charge in [0.05, 0.1) is 6.54 Å². The van der Waals surface area contributed by atoms with E-state index in [0.717, 1.165) is 11.1 Å². The van der Waals surface area contributed by atoms with E-state index >= 15 is 0 Å². The Bertz CT molecular complexity index is 874. The van der Waals surface area contributed by atoms with Gasteiger partial charge < -0.3 is 5.11 Å². The first-order valence-corrected chi connectivity index (χ1v) is 7.03. The van der Waals surface area contributed by atoms with Gasteiger partial charge >= 0.3 is 5.97 Å². The minimum Gasteiger partial charge on any atom is -0.476 e. The molecule has 0 aliphatic rings. The zero-order valence-electron chi connectivity index (χ0n) is 12.4. The smallest absolute Gasteiger partial charge is 0.358 e. The molecule has 0 unspecified atom stereocenters. The van der Waals surface area contributed by atoms with Crippen LogP contribution in [0.1, 0.15) is 21.6 Å². The van der Waals surface area contributed by atoms with Gasteiger partial charge in [-0.2, -0.15) is 0 Å². The molecule has 0 aliphatic carbocycles. The lowest BCUT2D eigenvalue weighted by Crippen LogP contribution is -2.07. The number of aromatic nitrogens is 3. The molecule has 0 fully saturated rings. The van der Waals surface area contributed by atoms with E-state index < -0.39 is 5.97 Å². The predicted octanol–water partition coefficient (Wildman–Crippen LogP) is 3.14. The van der Waals surface area contributed by atoms with Gasteiger partial charge in [-0.15, -0.1) is 5.10 Å². The van der Waals surface area contributed by atoms with E-state index in [1.54, 1.807) is 12.1 Å². The van der Waals surface area contributed by atoms with E-state index in [4.69, 9.17) is 0 Å². The zero-order chi connectivity index (χ0) is 16.4. The van der Waals surface area contributed by atoms with Crippen molar-refractivity contribution in [2.45, 2.75) is 13.5 Å². The van der Waals surface area contributed by atoms with E-state index in [0.29, 0.717) is 11.3 Å². The van der Waals surface area contributed by atoms with Crippen LogP contribution in [0.5, 0.6) is 0 Å². The highest BCUT2D eigenvalue weighted by Crippen LogP contribution is 2.26. The molecular weight excluding hydrogens is 297 g/mol. The predicted molar refractivity (Wildman–Crippen MR) is 82.7 cm³/mol. The average Bonchev–Trinajstić information content (AvgIpc) is 2.91. The van der Waals surface area contributed by atoms with Crippen LogP contribution in [0.25, 0.3) is 11.3 Å². The van der Waals surface area contributed by atoms with Gasteiger partial charge in [0.15, 0.2) is 5.69 Å². The van der Waals surface area contributed by atoms with E-state index in [2.05, 4.69) is 10.3 Å². The van der Waals surface area contributed by atoms with Crippen LogP contribution < -0.4 is 0 Å². The van der Waals surface area contributed by atoms with Crippen molar-refractivity contribution in [3.63, 3.8) is 0 Å². The summed E-state index contributed by atoms with van der Waals surface area (Å²) >= 11 is 0. The number of aryl methyl sites for hydroxylation is 1. The Morgan fingerprint density at radius 2 is 2.00 bits per heavy atom. The van der Waals surface area contributed by atoms with Crippen molar-refractivity contribution in [1.29, 1.82) is 0 Å². The molecule has 0 aliphatic heterocycles. The Labute approximate surface area is 132 Å². The second-order valence-corrected chi connectivity index (χ2v) is 5.19. The van der Waals surface area contributed by atoms with Crippen molar-refractivity contribution >= 4 is 5.97 Å². The molecule has 116 valence electrons. The van der Waals surface area contributed by atoms with Crippen molar-refractivity contribution < 1.29 is 14.3 Å². The molecular formula is C17H14FN3O2. The fourth-order valence-corrected chi connectivity index (χ4v) is 2.48. The lowest BCUT2D eigenvalue weighted by atomic mass is 10.0. The lowest BCUT2D eigenvalue weighted by Gasteiger charge is -2.10. The third kappa shape index (κ3) is 2.96. The topological polar surface area (TPSA) is 68.0 Å². The standard InChI is InChI=1S/C17H14FN3O2/c1-11-5-2-3-8-14(11)16-15(17(22)23)19-20-21(16)10-12-6-4-7-13(18)9-12/h2-9H,10H2,1H3,(H,22,23). The van der Waals surface area contributed by atoms with Crippen molar-refractivity contribution in [3.05, 3.63) is 71.2 Å². The van der Waals surface area contributed by atoms with Gasteiger partial charge in [-0.1, -0.05) is 41.6 Å². The summed E-state index contributed by atoms with van der Waals surface area (Å²) < 4.78 is 14.8. The first kappa shape index (κ1) is 14.9. The molecule has 3 aromatic rings. The highest BCUT2D eigenvalue weighted by molar-refractivity contribution is 5.93. The largest absolute Gasteiger partial charge is 0.476 e. The summed E-state index contributed by atoms with van der Waals surface area (Å²) in [4.78, 5) is 11.5. The van der Waals surface area contributed by atoms with E-state index in [9.17, 15) is 14.3 Å². The van der Waals surface area contributed by atoms with Crippen LogP contribution in [0.4, 0.5) is 4.39 Å². The number of hydrogen-bond acceptors (Lipinski definition) is 3. The van der Waals surface area contributed by atoms with Gasteiger partial charge in [0.25, 0.3) is 0 Å². The van der Waals surface area contributed by atoms with Crippen LogP contribution in [0.3, 0.4) is 0 Å². The second kappa shape index (κ2) is 6.00. The molecule has 0 bridgehead atoms. The summed E-state index contributed by atoms with van der Waals surface area (Å²) in [7, 11) is 0. The maximum atomic E-state index is 13.4. The first-order valence-electron chi connectivity index (χ1n) is 7.03. The minimum atomic E-state index is -1.14. The SMILES string of the molecule is Cc1ccccc1-c1c(C(=O)O)nnn1Cc1cccc(F)c1. The van der Waals surface area contributed by atoms with Crippen molar-refractivity contribution in [2.75, 3.05) is 0 Å².